The molecule has 1 aliphatic rings. The van der Waals surface area contributed by atoms with Gasteiger partial charge in [0.05, 0.1) is 24.2 Å². The van der Waals surface area contributed by atoms with Crippen LogP contribution in [0.25, 0.3) is 5.65 Å². The summed E-state index contributed by atoms with van der Waals surface area (Å²) in [7, 11) is 0. The highest BCUT2D eigenvalue weighted by Gasteiger charge is 2.21. The zero-order valence-electron chi connectivity index (χ0n) is 11.3. The Hall–Kier alpha value is -0.980. The van der Waals surface area contributed by atoms with E-state index in [9.17, 15) is 5.11 Å². The Bertz CT molecular complexity index is 586. The second kappa shape index (κ2) is 6.20. The monoisotopic (exact) mass is 338 g/mol. The van der Waals surface area contributed by atoms with E-state index in [0.29, 0.717) is 6.54 Å². The third-order valence-electron chi connectivity index (χ3n) is 3.97. The summed E-state index contributed by atoms with van der Waals surface area (Å²) in [5.74, 6) is 0. The Morgan fingerprint density at radius 2 is 2.10 bits per heavy atom. The number of hydrogen-bond donors (Lipinski definition) is 2. The van der Waals surface area contributed by atoms with Crippen LogP contribution in [0.4, 0.5) is 0 Å². The Labute approximate surface area is 126 Å². The first-order chi connectivity index (χ1) is 9.74. The molecule has 2 N–H and O–H groups in total. The number of nitrogens with zero attached hydrogens (tertiary/aromatic N) is 3. The van der Waals surface area contributed by atoms with Crippen molar-refractivity contribution in [2.75, 3.05) is 0 Å². The second-order valence-electron chi connectivity index (χ2n) is 5.38. The van der Waals surface area contributed by atoms with Crippen molar-refractivity contribution in [2.45, 2.75) is 50.8 Å². The Morgan fingerprint density at radius 1 is 1.25 bits per heavy atom. The maximum absolute atomic E-state index is 10.1. The molecular weight excluding hydrogens is 320 g/mol. The molecule has 0 bridgehead atoms. The van der Waals surface area contributed by atoms with E-state index in [1.807, 2.05) is 16.8 Å². The lowest BCUT2D eigenvalue weighted by molar-refractivity contribution is 0.119. The topological polar surface area (TPSA) is 62.5 Å². The van der Waals surface area contributed by atoms with Gasteiger partial charge in [-0.05, 0) is 28.8 Å². The highest BCUT2D eigenvalue weighted by atomic mass is 79.9. The van der Waals surface area contributed by atoms with Crippen molar-refractivity contribution in [1.82, 2.24) is 19.7 Å². The summed E-state index contributed by atoms with van der Waals surface area (Å²) < 4.78 is 2.81. The van der Waals surface area contributed by atoms with Gasteiger partial charge < -0.3 is 10.4 Å². The minimum absolute atomic E-state index is 0.188. The van der Waals surface area contributed by atoms with E-state index in [1.54, 1.807) is 6.20 Å². The van der Waals surface area contributed by atoms with Crippen LogP contribution in [0.15, 0.2) is 23.2 Å². The van der Waals surface area contributed by atoms with E-state index in [-0.39, 0.29) is 12.1 Å². The van der Waals surface area contributed by atoms with Crippen LogP contribution < -0.4 is 5.32 Å². The van der Waals surface area contributed by atoms with Gasteiger partial charge in [0, 0.05) is 18.8 Å². The molecule has 5 nitrogen and oxygen atoms in total. The van der Waals surface area contributed by atoms with E-state index >= 15 is 0 Å². The van der Waals surface area contributed by atoms with Crippen LogP contribution in [0.2, 0.25) is 0 Å². The van der Waals surface area contributed by atoms with Crippen LogP contribution in [0, 0.1) is 0 Å². The van der Waals surface area contributed by atoms with E-state index in [0.717, 1.165) is 35.2 Å². The van der Waals surface area contributed by atoms with Gasteiger partial charge in [-0.2, -0.15) is 0 Å². The van der Waals surface area contributed by atoms with E-state index in [4.69, 9.17) is 0 Å². The molecule has 1 aliphatic carbocycles. The van der Waals surface area contributed by atoms with Gasteiger partial charge in [-0.1, -0.05) is 19.3 Å². The number of hydrogen-bond acceptors (Lipinski definition) is 4. The molecule has 1 fully saturated rings. The fraction of sp³-hybridized carbons (Fsp3) is 0.571. The van der Waals surface area contributed by atoms with Gasteiger partial charge in [-0.15, -0.1) is 0 Å². The predicted molar refractivity (Wildman–Crippen MR) is 80.4 cm³/mol. The summed E-state index contributed by atoms with van der Waals surface area (Å²) in [4.78, 5) is 8.51. The Balaban J connectivity index is 1.71. The molecule has 2 atom stereocenters. The minimum atomic E-state index is -0.231. The quantitative estimate of drug-likeness (QED) is 0.843. The van der Waals surface area contributed by atoms with Crippen molar-refractivity contribution in [1.29, 1.82) is 0 Å². The smallest absolute Gasteiger partial charge is 0.155 e. The SMILES string of the molecule is OC1CCCCCC1NCc1cnc2cnc(Br)cn12. The predicted octanol–water partition coefficient (Wildman–Crippen LogP) is 2.28. The van der Waals surface area contributed by atoms with Gasteiger partial charge in [0.25, 0.3) is 0 Å². The molecule has 0 spiro atoms. The van der Waals surface area contributed by atoms with Crippen molar-refractivity contribution in [3.63, 3.8) is 0 Å². The molecule has 3 rings (SSSR count). The van der Waals surface area contributed by atoms with Crippen molar-refractivity contribution < 1.29 is 5.11 Å². The number of nitrogens with one attached hydrogen (secondary N) is 1. The zero-order chi connectivity index (χ0) is 13.9. The van der Waals surface area contributed by atoms with Crippen LogP contribution in [-0.4, -0.2) is 31.6 Å². The average Bonchev–Trinajstić information content (AvgIpc) is 2.72. The lowest BCUT2D eigenvalue weighted by Crippen LogP contribution is -2.38. The molecule has 2 unspecified atom stereocenters. The molecule has 0 saturated heterocycles. The summed E-state index contributed by atoms with van der Waals surface area (Å²) >= 11 is 3.38. The molecule has 2 aromatic rings. The largest absolute Gasteiger partial charge is 0.392 e. The van der Waals surface area contributed by atoms with Crippen molar-refractivity contribution >= 4 is 21.6 Å². The van der Waals surface area contributed by atoms with Gasteiger partial charge in [0.1, 0.15) is 4.60 Å². The van der Waals surface area contributed by atoms with Gasteiger partial charge in [0.2, 0.25) is 0 Å². The molecule has 108 valence electrons. The molecule has 0 aromatic carbocycles. The van der Waals surface area contributed by atoms with E-state index < -0.39 is 0 Å². The first-order valence-electron chi connectivity index (χ1n) is 7.13. The van der Waals surface area contributed by atoms with Crippen LogP contribution in [0.5, 0.6) is 0 Å². The first-order valence-corrected chi connectivity index (χ1v) is 7.92. The fourth-order valence-corrected chi connectivity index (χ4v) is 3.12. The lowest BCUT2D eigenvalue weighted by atomic mass is 10.1. The molecule has 0 amide bonds. The number of rotatable bonds is 3. The summed E-state index contributed by atoms with van der Waals surface area (Å²) in [6.45, 7) is 0.708. The standard InChI is InChI=1S/C14H19BrN4O/c15-13-9-19-10(7-18-14(19)8-17-13)6-16-11-4-2-1-3-5-12(11)20/h7-9,11-12,16,20H,1-6H2. The van der Waals surface area contributed by atoms with E-state index in [2.05, 4.69) is 31.2 Å². The van der Waals surface area contributed by atoms with Crippen LogP contribution >= 0.6 is 15.9 Å². The number of aromatic nitrogens is 3. The zero-order valence-corrected chi connectivity index (χ0v) is 12.9. The van der Waals surface area contributed by atoms with E-state index in [1.165, 1.54) is 12.8 Å². The second-order valence-corrected chi connectivity index (χ2v) is 6.19. The maximum atomic E-state index is 10.1. The van der Waals surface area contributed by atoms with Crippen LogP contribution in [0.1, 0.15) is 37.8 Å². The van der Waals surface area contributed by atoms with Crippen LogP contribution in [0.3, 0.4) is 0 Å². The number of aliphatic hydroxyl groups is 1. The summed E-state index contributed by atoms with van der Waals surface area (Å²) in [6, 6.07) is 0.188. The molecule has 0 aliphatic heterocycles. The molecular formula is C14H19BrN4O. The van der Waals surface area contributed by atoms with Crippen molar-refractivity contribution in [3.8, 4) is 0 Å². The Morgan fingerprint density at radius 3 is 3.00 bits per heavy atom. The average molecular weight is 339 g/mol. The van der Waals surface area contributed by atoms with Gasteiger partial charge in [0.15, 0.2) is 5.65 Å². The fourth-order valence-electron chi connectivity index (χ4n) is 2.81. The number of aliphatic hydroxyl groups excluding tert-OH is 1. The Kier molecular flexibility index (Phi) is 4.33. The van der Waals surface area contributed by atoms with Crippen molar-refractivity contribution in [2.24, 2.45) is 0 Å². The summed E-state index contributed by atoms with van der Waals surface area (Å²) in [6.07, 6.45) is 10.8. The number of halogens is 1. The number of imidazole rings is 1. The molecule has 2 aromatic heterocycles. The van der Waals surface area contributed by atoms with Crippen molar-refractivity contribution in [3.05, 3.63) is 28.9 Å². The summed E-state index contributed by atoms with van der Waals surface area (Å²) in [5.41, 5.74) is 1.92. The highest BCUT2D eigenvalue weighted by Crippen LogP contribution is 2.18. The molecule has 2 heterocycles. The normalized spacial score (nSPS) is 23.9. The van der Waals surface area contributed by atoms with Gasteiger partial charge in [-0.3, -0.25) is 4.40 Å². The van der Waals surface area contributed by atoms with Gasteiger partial charge >= 0.3 is 0 Å². The molecule has 20 heavy (non-hydrogen) atoms. The minimum Gasteiger partial charge on any atom is -0.392 e. The highest BCUT2D eigenvalue weighted by molar-refractivity contribution is 9.10. The first kappa shape index (κ1) is 14.0. The third-order valence-corrected chi connectivity index (χ3v) is 4.38. The van der Waals surface area contributed by atoms with Crippen LogP contribution in [-0.2, 0) is 6.54 Å². The summed E-state index contributed by atoms with van der Waals surface area (Å²) in [5, 5.41) is 13.6. The molecule has 1 saturated carbocycles. The van der Waals surface area contributed by atoms with Gasteiger partial charge in [-0.25, -0.2) is 9.97 Å². The number of fused-ring (bicyclic) bond motifs is 1. The maximum Gasteiger partial charge on any atom is 0.155 e. The molecule has 0 radical (unpaired) electrons. The lowest BCUT2D eigenvalue weighted by Gasteiger charge is -2.21. The third kappa shape index (κ3) is 3.02. The molecule has 6 heteroatoms.